The van der Waals surface area contributed by atoms with Gasteiger partial charge >= 0.3 is 0 Å². The van der Waals surface area contributed by atoms with Crippen LogP contribution in [0.1, 0.15) is 126 Å². The molecule has 0 radical (unpaired) electrons. The first-order valence-electron chi connectivity index (χ1n) is 13.5. The number of ketones is 2. The molecule has 1 aliphatic carbocycles. The molecule has 0 aromatic heterocycles. The molecule has 4 nitrogen and oxygen atoms in total. The minimum absolute atomic E-state index is 0.246. The van der Waals surface area contributed by atoms with Gasteiger partial charge in [-0.3, -0.25) is 9.59 Å². The average molecular weight is 463 g/mol. The van der Waals surface area contributed by atoms with E-state index in [4.69, 9.17) is 4.74 Å². The number of fused-ring (bicyclic) bond motifs is 1. The van der Waals surface area contributed by atoms with Gasteiger partial charge in [0.15, 0.2) is 22.8 Å². The van der Waals surface area contributed by atoms with Gasteiger partial charge in [-0.25, -0.2) is 0 Å². The number of carbonyl (C=O) groups excluding carboxylic acids is 2. The summed E-state index contributed by atoms with van der Waals surface area (Å²) in [6, 6.07) is 0. The van der Waals surface area contributed by atoms with E-state index in [1.54, 1.807) is 20.8 Å². The normalized spacial score (nSPS) is 32.3. The second-order valence-corrected chi connectivity index (χ2v) is 12.2. The second-order valence-electron chi connectivity index (χ2n) is 12.2. The van der Waals surface area contributed by atoms with E-state index in [-0.39, 0.29) is 18.0 Å². The van der Waals surface area contributed by atoms with Gasteiger partial charge in [0.1, 0.15) is 0 Å². The van der Waals surface area contributed by atoms with Crippen molar-refractivity contribution in [1.82, 2.24) is 0 Å². The Kier molecular flexibility index (Phi) is 9.55. The van der Waals surface area contributed by atoms with Crippen LogP contribution in [0.5, 0.6) is 0 Å². The van der Waals surface area contributed by atoms with E-state index in [1.165, 1.54) is 38.5 Å². The molecule has 0 bridgehead atoms. The molecule has 0 spiro atoms. The first-order valence-corrected chi connectivity index (χ1v) is 13.5. The van der Waals surface area contributed by atoms with Crippen LogP contribution in [0, 0.1) is 17.8 Å². The zero-order chi connectivity index (χ0) is 25.0. The highest BCUT2D eigenvalue weighted by molar-refractivity contribution is 6.19. The molecule has 33 heavy (non-hydrogen) atoms. The van der Waals surface area contributed by atoms with Crippen LogP contribution in [0.15, 0.2) is 11.1 Å². The lowest BCUT2D eigenvalue weighted by Crippen LogP contribution is -2.71. The molecule has 190 valence electrons. The molecule has 1 heterocycles. The summed E-state index contributed by atoms with van der Waals surface area (Å²) in [6.07, 6.45) is 11.8. The van der Waals surface area contributed by atoms with E-state index < -0.39 is 16.8 Å². The number of hydrogen-bond donors (Lipinski definition) is 1. The van der Waals surface area contributed by atoms with E-state index in [0.717, 1.165) is 31.1 Å². The molecule has 0 saturated carbocycles. The molecular formula is C29H50O4. The summed E-state index contributed by atoms with van der Waals surface area (Å²) in [4.78, 5) is 25.9. The van der Waals surface area contributed by atoms with Gasteiger partial charge in [0.25, 0.3) is 0 Å². The van der Waals surface area contributed by atoms with Gasteiger partial charge < -0.3 is 9.84 Å². The van der Waals surface area contributed by atoms with Crippen molar-refractivity contribution in [2.45, 2.75) is 143 Å². The molecule has 2 aliphatic rings. The molecule has 2 rings (SSSR count). The van der Waals surface area contributed by atoms with Gasteiger partial charge in [-0.2, -0.15) is 0 Å². The molecule has 0 amide bonds. The fraction of sp³-hybridized carbons (Fsp3) is 0.862. The summed E-state index contributed by atoms with van der Waals surface area (Å²) in [6.45, 7) is 16.3. The first-order chi connectivity index (χ1) is 15.3. The lowest BCUT2D eigenvalue weighted by Gasteiger charge is -2.54. The van der Waals surface area contributed by atoms with Crippen molar-refractivity contribution >= 4 is 11.6 Å². The SMILES string of the molecule is CC1=C(C)C(=O)C2(C)OC(C)(CCC[C@H](C)CCC[C@H](C)CCCC(C)C)CCC2(O)C1=O. The highest BCUT2D eigenvalue weighted by atomic mass is 16.5. The highest BCUT2D eigenvalue weighted by Crippen LogP contribution is 2.49. The number of hydrogen-bond acceptors (Lipinski definition) is 4. The monoisotopic (exact) mass is 462 g/mol. The molecule has 3 unspecified atom stereocenters. The van der Waals surface area contributed by atoms with Gasteiger partial charge in [-0.05, 0) is 64.7 Å². The number of Topliss-reactive ketones (excluding diaryl/α,β-unsaturated/α-hetero) is 2. The Bertz CT molecular complexity index is 738. The van der Waals surface area contributed by atoms with Crippen LogP contribution < -0.4 is 0 Å². The quantitative estimate of drug-likeness (QED) is 0.340. The van der Waals surface area contributed by atoms with Crippen LogP contribution >= 0.6 is 0 Å². The van der Waals surface area contributed by atoms with Crippen molar-refractivity contribution < 1.29 is 19.4 Å². The van der Waals surface area contributed by atoms with Crippen LogP contribution in [-0.2, 0) is 14.3 Å². The maximum atomic E-state index is 13.1. The lowest BCUT2D eigenvalue weighted by molar-refractivity contribution is -0.250. The summed E-state index contributed by atoms with van der Waals surface area (Å²) in [5, 5.41) is 11.2. The van der Waals surface area contributed by atoms with E-state index in [9.17, 15) is 14.7 Å². The Balaban J connectivity index is 1.81. The summed E-state index contributed by atoms with van der Waals surface area (Å²) in [7, 11) is 0. The van der Waals surface area contributed by atoms with Crippen molar-refractivity contribution in [2.24, 2.45) is 17.8 Å². The van der Waals surface area contributed by atoms with Crippen LogP contribution in [0.4, 0.5) is 0 Å². The van der Waals surface area contributed by atoms with E-state index in [1.807, 2.05) is 6.92 Å². The third kappa shape index (κ3) is 6.36. The highest BCUT2D eigenvalue weighted by Gasteiger charge is 2.65. The fourth-order valence-corrected chi connectivity index (χ4v) is 5.86. The van der Waals surface area contributed by atoms with Crippen molar-refractivity contribution in [3.63, 3.8) is 0 Å². The van der Waals surface area contributed by atoms with Gasteiger partial charge in [-0.15, -0.1) is 0 Å². The molecule has 1 saturated heterocycles. The van der Waals surface area contributed by atoms with Crippen LogP contribution in [0.3, 0.4) is 0 Å². The molecule has 0 aromatic rings. The lowest BCUT2D eigenvalue weighted by atomic mass is 9.63. The van der Waals surface area contributed by atoms with Crippen molar-refractivity contribution in [3.8, 4) is 0 Å². The minimum atomic E-state index is -1.74. The van der Waals surface area contributed by atoms with Crippen LogP contribution in [0.2, 0.25) is 0 Å². The Morgan fingerprint density at radius 2 is 1.27 bits per heavy atom. The minimum Gasteiger partial charge on any atom is -0.378 e. The van der Waals surface area contributed by atoms with Crippen molar-refractivity contribution in [1.29, 1.82) is 0 Å². The van der Waals surface area contributed by atoms with Gasteiger partial charge in [0.05, 0.1) is 5.60 Å². The predicted molar refractivity (Wildman–Crippen MR) is 135 cm³/mol. The van der Waals surface area contributed by atoms with Crippen LogP contribution in [0.25, 0.3) is 0 Å². The molecular weight excluding hydrogens is 412 g/mol. The van der Waals surface area contributed by atoms with Gasteiger partial charge in [0, 0.05) is 11.1 Å². The Labute approximate surface area is 202 Å². The number of rotatable bonds is 12. The maximum absolute atomic E-state index is 13.1. The largest absolute Gasteiger partial charge is 0.378 e. The predicted octanol–water partition coefficient (Wildman–Crippen LogP) is 6.97. The second kappa shape index (κ2) is 11.2. The number of aliphatic hydroxyl groups is 1. The third-order valence-corrected chi connectivity index (χ3v) is 8.58. The topological polar surface area (TPSA) is 63.6 Å². The van der Waals surface area contributed by atoms with E-state index in [2.05, 4.69) is 27.7 Å². The molecule has 0 aromatic carbocycles. The summed E-state index contributed by atoms with van der Waals surface area (Å²) < 4.78 is 6.36. The Morgan fingerprint density at radius 1 is 0.788 bits per heavy atom. The van der Waals surface area contributed by atoms with E-state index in [0.29, 0.717) is 23.5 Å². The number of carbonyl (C=O) groups is 2. The van der Waals surface area contributed by atoms with Crippen molar-refractivity contribution in [2.75, 3.05) is 0 Å². The maximum Gasteiger partial charge on any atom is 0.193 e. The van der Waals surface area contributed by atoms with Crippen molar-refractivity contribution in [3.05, 3.63) is 11.1 Å². The molecule has 4 heteroatoms. The number of ether oxygens (including phenoxy) is 1. The molecule has 5 atom stereocenters. The fourth-order valence-electron chi connectivity index (χ4n) is 5.86. The standard InChI is InChI=1S/C29H50O4/c1-20(2)12-9-13-21(3)14-10-15-22(4)16-11-17-27(7)18-19-29(32)26(31)24(6)23(5)25(30)28(29,8)33-27/h20-22,32H,9-19H2,1-8H3/t21-,22-,27?,28?,29?/m1/s1. The molecule has 1 N–H and O–H groups in total. The summed E-state index contributed by atoms with van der Waals surface area (Å²) in [5.74, 6) is 1.71. The Hall–Kier alpha value is -1.00. The smallest absolute Gasteiger partial charge is 0.193 e. The van der Waals surface area contributed by atoms with Crippen LogP contribution in [-0.4, -0.2) is 33.5 Å². The van der Waals surface area contributed by atoms with E-state index >= 15 is 0 Å². The third-order valence-electron chi connectivity index (χ3n) is 8.58. The van der Waals surface area contributed by atoms with Gasteiger partial charge in [0.2, 0.25) is 0 Å². The van der Waals surface area contributed by atoms with Gasteiger partial charge in [-0.1, -0.05) is 79.1 Å². The summed E-state index contributed by atoms with van der Waals surface area (Å²) >= 11 is 0. The molecule has 1 aliphatic heterocycles. The first kappa shape index (κ1) is 28.2. The average Bonchev–Trinajstić information content (AvgIpc) is 2.73. The molecule has 1 fully saturated rings. The Morgan fingerprint density at radius 3 is 1.82 bits per heavy atom. The zero-order valence-corrected chi connectivity index (χ0v) is 22.7. The zero-order valence-electron chi connectivity index (χ0n) is 22.7. The summed E-state index contributed by atoms with van der Waals surface area (Å²) in [5.41, 5.74) is -2.93.